The maximum atomic E-state index is 11.8. The number of hydrazine groups is 1. The van der Waals surface area contributed by atoms with Crippen molar-refractivity contribution in [1.82, 2.24) is 21.2 Å². The number of aromatic amines is 1. The highest BCUT2D eigenvalue weighted by Crippen LogP contribution is 2.07. The lowest BCUT2D eigenvalue weighted by atomic mass is 10.3. The summed E-state index contributed by atoms with van der Waals surface area (Å²) in [4.78, 5) is 38.4. The van der Waals surface area contributed by atoms with Crippen LogP contribution in [0.3, 0.4) is 0 Å². The van der Waals surface area contributed by atoms with Crippen LogP contribution in [0.25, 0.3) is 0 Å². The highest BCUT2D eigenvalue weighted by Gasteiger charge is 2.17. The van der Waals surface area contributed by atoms with E-state index in [0.29, 0.717) is 10.6 Å². The molecule has 2 rings (SSSR count). The Balaban J connectivity index is 1.80. The van der Waals surface area contributed by atoms with Gasteiger partial charge in [0.15, 0.2) is 0 Å². The molecule has 1 atom stereocenters. The molecule has 8 heteroatoms. The molecule has 7 nitrogen and oxygen atoms in total. The average molecular weight is 306 g/mol. The van der Waals surface area contributed by atoms with E-state index < -0.39 is 17.9 Å². The summed E-state index contributed by atoms with van der Waals surface area (Å²) in [5, 5.41) is 4.31. The summed E-state index contributed by atoms with van der Waals surface area (Å²) in [7, 11) is 0. The molecule has 2 aromatic heterocycles. The number of thiophene rings is 1. The number of hydrogen-bond acceptors (Lipinski definition) is 4. The second-order valence-electron chi connectivity index (χ2n) is 4.20. The number of aromatic nitrogens is 1. The van der Waals surface area contributed by atoms with Crippen molar-refractivity contribution in [1.29, 1.82) is 0 Å². The number of carbonyl (C=O) groups is 3. The molecule has 0 bridgehead atoms. The molecule has 2 aromatic rings. The number of carbonyl (C=O) groups excluding carboxylic acids is 3. The third-order valence-electron chi connectivity index (χ3n) is 2.63. The van der Waals surface area contributed by atoms with Gasteiger partial charge < -0.3 is 10.3 Å². The molecule has 0 aliphatic rings. The highest BCUT2D eigenvalue weighted by molar-refractivity contribution is 7.12. The third kappa shape index (κ3) is 3.93. The second kappa shape index (κ2) is 6.71. The van der Waals surface area contributed by atoms with Crippen LogP contribution in [0.1, 0.15) is 27.1 Å². The molecule has 21 heavy (non-hydrogen) atoms. The minimum Gasteiger partial charge on any atom is -0.357 e. The zero-order valence-corrected chi connectivity index (χ0v) is 12.0. The van der Waals surface area contributed by atoms with Crippen LogP contribution in [0.2, 0.25) is 0 Å². The lowest BCUT2D eigenvalue weighted by molar-refractivity contribution is -0.123. The fraction of sp³-hybridized carbons (Fsp3) is 0.154. The first-order valence-corrected chi connectivity index (χ1v) is 7.04. The van der Waals surface area contributed by atoms with E-state index >= 15 is 0 Å². The topological polar surface area (TPSA) is 103 Å². The number of nitrogens with one attached hydrogen (secondary N) is 4. The van der Waals surface area contributed by atoms with Crippen LogP contribution in [-0.4, -0.2) is 28.7 Å². The normalized spacial score (nSPS) is 11.5. The van der Waals surface area contributed by atoms with Crippen molar-refractivity contribution in [3.63, 3.8) is 0 Å². The fourth-order valence-electron chi connectivity index (χ4n) is 1.51. The Morgan fingerprint density at radius 3 is 2.57 bits per heavy atom. The first kappa shape index (κ1) is 14.8. The van der Waals surface area contributed by atoms with E-state index in [1.165, 1.54) is 18.3 Å². The molecule has 0 saturated carbocycles. The third-order valence-corrected chi connectivity index (χ3v) is 3.50. The van der Waals surface area contributed by atoms with Crippen molar-refractivity contribution < 1.29 is 14.4 Å². The van der Waals surface area contributed by atoms with Crippen LogP contribution in [0.5, 0.6) is 0 Å². The summed E-state index contributed by atoms with van der Waals surface area (Å²) < 4.78 is 0. The van der Waals surface area contributed by atoms with Gasteiger partial charge in [0, 0.05) is 6.20 Å². The molecule has 0 aliphatic heterocycles. The number of rotatable bonds is 4. The van der Waals surface area contributed by atoms with Gasteiger partial charge in [0.25, 0.3) is 17.7 Å². The summed E-state index contributed by atoms with van der Waals surface area (Å²) in [5.74, 6) is -1.31. The summed E-state index contributed by atoms with van der Waals surface area (Å²) in [6.07, 6.45) is 1.60. The van der Waals surface area contributed by atoms with Gasteiger partial charge >= 0.3 is 0 Å². The molecule has 0 saturated heterocycles. The zero-order chi connectivity index (χ0) is 15.2. The molecule has 0 aromatic carbocycles. The van der Waals surface area contributed by atoms with Crippen molar-refractivity contribution in [3.05, 3.63) is 46.4 Å². The van der Waals surface area contributed by atoms with Crippen LogP contribution >= 0.6 is 11.3 Å². The van der Waals surface area contributed by atoms with Crippen molar-refractivity contribution in [2.75, 3.05) is 0 Å². The lowest BCUT2D eigenvalue weighted by Crippen LogP contribution is -2.51. The van der Waals surface area contributed by atoms with Crippen LogP contribution < -0.4 is 16.2 Å². The Morgan fingerprint density at radius 1 is 1.14 bits per heavy atom. The van der Waals surface area contributed by atoms with Gasteiger partial charge in [-0.1, -0.05) is 6.07 Å². The Hall–Kier alpha value is -2.61. The van der Waals surface area contributed by atoms with E-state index in [1.807, 2.05) is 0 Å². The zero-order valence-electron chi connectivity index (χ0n) is 11.2. The number of amides is 3. The van der Waals surface area contributed by atoms with Crippen LogP contribution in [0.15, 0.2) is 35.8 Å². The molecular formula is C13H14N4O3S. The first-order valence-electron chi connectivity index (χ1n) is 6.16. The monoisotopic (exact) mass is 306 g/mol. The van der Waals surface area contributed by atoms with E-state index in [2.05, 4.69) is 21.2 Å². The minimum atomic E-state index is -0.774. The average Bonchev–Trinajstić information content (AvgIpc) is 3.15. The largest absolute Gasteiger partial charge is 0.357 e. The molecule has 1 unspecified atom stereocenters. The summed E-state index contributed by atoms with van der Waals surface area (Å²) in [5.41, 5.74) is 4.83. The van der Waals surface area contributed by atoms with Gasteiger partial charge in [-0.2, -0.15) is 0 Å². The van der Waals surface area contributed by atoms with Crippen molar-refractivity contribution >= 4 is 29.1 Å². The minimum absolute atomic E-state index is 0.325. The van der Waals surface area contributed by atoms with Crippen molar-refractivity contribution in [2.45, 2.75) is 13.0 Å². The Labute approximate surface area is 124 Å². The predicted octanol–water partition coefficient (Wildman–Crippen LogP) is 0.656. The number of hydrogen-bond donors (Lipinski definition) is 4. The molecular weight excluding hydrogens is 292 g/mol. The molecule has 0 fully saturated rings. The van der Waals surface area contributed by atoms with Gasteiger partial charge in [-0.3, -0.25) is 25.2 Å². The second-order valence-corrected chi connectivity index (χ2v) is 5.15. The standard InChI is InChI=1S/C13H14N4O3S/c1-8(15-13(20)10-5-3-7-21-10)11(18)16-17-12(19)9-4-2-6-14-9/h2-8,14H,1H3,(H,15,20)(H,16,18)(H,17,19). The van der Waals surface area contributed by atoms with Gasteiger partial charge in [0.05, 0.1) is 4.88 Å². The lowest BCUT2D eigenvalue weighted by Gasteiger charge is -2.13. The molecule has 0 spiro atoms. The summed E-state index contributed by atoms with van der Waals surface area (Å²) >= 11 is 1.28. The quantitative estimate of drug-likeness (QED) is 0.624. The van der Waals surface area contributed by atoms with Crippen LogP contribution in [-0.2, 0) is 4.79 Å². The molecule has 2 heterocycles. The summed E-state index contributed by atoms with van der Waals surface area (Å²) in [6.45, 7) is 1.53. The fourth-order valence-corrected chi connectivity index (χ4v) is 2.13. The Kier molecular flexibility index (Phi) is 4.72. The molecule has 4 N–H and O–H groups in total. The van der Waals surface area contributed by atoms with Gasteiger partial charge in [0.1, 0.15) is 11.7 Å². The summed E-state index contributed by atoms with van der Waals surface area (Å²) in [6, 6.07) is 5.88. The molecule has 110 valence electrons. The van der Waals surface area contributed by atoms with Gasteiger partial charge in [0.2, 0.25) is 0 Å². The van der Waals surface area contributed by atoms with Crippen LogP contribution in [0.4, 0.5) is 0 Å². The Morgan fingerprint density at radius 2 is 1.95 bits per heavy atom. The van der Waals surface area contributed by atoms with E-state index in [0.717, 1.165) is 0 Å². The van der Waals surface area contributed by atoms with Crippen molar-refractivity contribution in [2.24, 2.45) is 0 Å². The first-order chi connectivity index (χ1) is 10.1. The maximum absolute atomic E-state index is 11.8. The Bertz CT molecular complexity index is 622. The van der Waals surface area contributed by atoms with Crippen molar-refractivity contribution in [3.8, 4) is 0 Å². The smallest absolute Gasteiger partial charge is 0.286 e. The van der Waals surface area contributed by atoms with E-state index in [-0.39, 0.29) is 5.91 Å². The van der Waals surface area contributed by atoms with E-state index in [9.17, 15) is 14.4 Å². The van der Waals surface area contributed by atoms with Gasteiger partial charge in [-0.05, 0) is 30.5 Å². The SMILES string of the molecule is CC(NC(=O)c1cccs1)C(=O)NNC(=O)c1ccc[nH]1. The van der Waals surface area contributed by atoms with E-state index in [4.69, 9.17) is 0 Å². The highest BCUT2D eigenvalue weighted by atomic mass is 32.1. The molecule has 0 aliphatic carbocycles. The van der Waals surface area contributed by atoms with Crippen LogP contribution in [0, 0.1) is 0 Å². The number of H-pyrrole nitrogens is 1. The van der Waals surface area contributed by atoms with E-state index in [1.54, 1.807) is 35.8 Å². The molecule has 0 radical (unpaired) electrons. The maximum Gasteiger partial charge on any atom is 0.286 e. The van der Waals surface area contributed by atoms with Gasteiger partial charge in [-0.15, -0.1) is 11.3 Å². The molecule has 3 amide bonds. The predicted molar refractivity (Wildman–Crippen MR) is 77.6 cm³/mol. The van der Waals surface area contributed by atoms with Gasteiger partial charge in [-0.25, -0.2) is 0 Å².